The standard InChI is InChI=1S/C29H25F3N6O4/c1-17-24(22-12-13-35-38(22)20-10-8-18(15-33)9-11-20)36-25(26(40)34-16-23(39)42-28(2,3)4)27(41)37(17)21-7-5-6-19(14-21)29(30,31)32/h5-14H,16H2,1-4H3,(H,34,40). The Morgan fingerprint density at radius 1 is 1.05 bits per heavy atom. The van der Waals surface area contributed by atoms with Crippen LogP contribution in [0.15, 0.2) is 65.6 Å². The average Bonchev–Trinajstić information content (AvgIpc) is 3.40. The van der Waals surface area contributed by atoms with Crippen molar-refractivity contribution in [2.75, 3.05) is 6.54 Å². The predicted octanol–water partition coefficient (Wildman–Crippen LogP) is 4.36. The molecule has 42 heavy (non-hydrogen) atoms. The third kappa shape index (κ3) is 6.38. The minimum Gasteiger partial charge on any atom is -0.459 e. The first-order valence-electron chi connectivity index (χ1n) is 12.6. The van der Waals surface area contributed by atoms with Gasteiger partial charge in [0.25, 0.3) is 11.5 Å². The van der Waals surface area contributed by atoms with Crippen molar-refractivity contribution in [2.24, 2.45) is 0 Å². The Morgan fingerprint density at radius 3 is 2.36 bits per heavy atom. The minimum absolute atomic E-state index is 0.0660. The first-order valence-corrected chi connectivity index (χ1v) is 12.6. The van der Waals surface area contributed by atoms with Crippen LogP contribution in [0.3, 0.4) is 0 Å². The van der Waals surface area contributed by atoms with Gasteiger partial charge in [-0.2, -0.15) is 23.5 Å². The Balaban J connectivity index is 1.89. The van der Waals surface area contributed by atoms with E-state index in [4.69, 9.17) is 10.00 Å². The summed E-state index contributed by atoms with van der Waals surface area (Å²) in [4.78, 5) is 43.3. The first-order chi connectivity index (χ1) is 19.7. The van der Waals surface area contributed by atoms with Gasteiger partial charge in [0.05, 0.1) is 40.5 Å². The van der Waals surface area contributed by atoms with Crippen LogP contribution >= 0.6 is 0 Å². The number of nitrogens with one attached hydrogen (secondary N) is 1. The highest BCUT2D eigenvalue weighted by Crippen LogP contribution is 2.31. The van der Waals surface area contributed by atoms with E-state index in [1.54, 1.807) is 51.1 Å². The first kappa shape index (κ1) is 29.7. The summed E-state index contributed by atoms with van der Waals surface area (Å²) in [5.74, 6) is -1.79. The number of benzene rings is 2. The summed E-state index contributed by atoms with van der Waals surface area (Å²) >= 11 is 0. The second-order valence-electron chi connectivity index (χ2n) is 10.1. The van der Waals surface area contributed by atoms with E-state index in [9.17, 15) is 27.6 Å². The Kier molecular flexibility index (Phi) is 8.01. The summed E-state index contributed by atoms with van der Waals surface area (Å²) in [5.41, 5.74) is -2.21. The van der Waals surface area contributed by atoms with E-state index in [1.807, 2.05) is 6.07 Å². The van der Waals surface area contributed by atoms with Crippen molar-refractivity contribution in [3.63, 3.8) is 0 Å². The Labute approximate surface area is 238 Å². The normalized spacial score (nSPS) is 11.6. The van der Waals surface area contributed by atoms with E-state index >= 15 is 0 Å². The molecule has 216 valence electrons. The zero-order valence-corrected chi connectivity index (χ0v) is 23.0. The van der Waals surface area contributed by atoms with Gasteiger partial charge in [0.2, 0.25) is 0 Å². The van der Waals surface area contributed by atoms with Crippen LogP contribution in [0, 0.1) is 18.3 Å². The van der Waals surface area contributed by atoms with Gasteiger partial charge >= 0.3 is 12.1 Å². The number of alkyl halides is 3. The van der Waals surface area contributed by atoms with E-state index in [0.29, 0.717) is 16.9 Å². The lowest BCUT2D eigenvalue weighted by Gasteiger charge is -2.20. The van der Waals surface area contributed by atoms with Crippen LogP contribution in [0.2, 0.25) is 0 Å². The largest absolute Gasteiger partial charge is 0.459 e. The number of aromatic nitrogens is 4. The molecule has 1 amide bonds. The van der Waals surface area contributed by atoms with Crippen molar-refractivity contribution in [1.29, 1.82) is 5.26 Å². The molecule has 4 aromatic rings. The molecule has 13 heteroatoms. The van der Waals surface area contributed by atoms with Gasteiger partial charge < -0.3 is 10.1 Å². The molecule has 0 fully saturated rings. The smallest absolute Gasteiger partial charge is 0.416 e. The molecule has 0 aliphatic rings. The van der Waals surface area contributed by atoms with Gasteiger partial charge in [0.15, 0.2) is 5.69 Å². The van der Waals surface area contributed by atoms with E-state index in [2.05, 4.69) is 15.4 Å². The van der Waals surface area contributed by atoms with E-state index in [-0.39, 0.29) is 17.1 Å². The van der Waals surface area contributed by atoms with Crippen molar-refractivity contribution < 1.29 is 27.5 Å². The van der Waals surface area contributed by atoms with Gasteiger partial charge in [0.1, 0.15) is 17.8 Å². The molecule has 0 bridgehead atoms. The summed E-state index contributed by atoms with van der Waals surface area (Å²) in [6.45, 7) is 5.83. The summed E-state index contributed by atoms with van der Waals surface area (Å²) < 4.78 is 48.2. The van der Waals surface area contributed by atoms with Crippen LogP contribution in [-0.2, 0) is 15.7 Å². The van der Waals surface area contributed by atoms with Gasteiger partial charge in [-0.3, -0.25) is 19.0 Å². The van der Waals surface area contributed by atoms with Crippen LogP contribution in [0.25, 0.3) is 22.8 Å². The lowest BCUT2D eigenvalue weighted by Crippen LogP contribution is -2.39. The lowest BCUT2D eigenvalue weighted by atomic mass is 10.1. The van der Waals surface area contributed by atoms with Gasteiger partial charge in [0, 0.05) is 5.69 Å². The number of nitriles is 1. The van der Waals surface area contributed by atoms with Gasteiger partial charge in [-0.05, 0) is 76.2 Å². The van der Waals surface area contributed by atoms with Crippen molar-refractivity contribution in [1.82, 2.24) is 24.6 Å². The van der Waals surface area contributed by atoms with Crippen molar-refractivity contribution in [3.8, 4) is 28.8 Å². The molecular weight excluding hydrogens is 553 g/mol. The molecular formula is C29H25F3N6O4. The fraction of sp³-hybridized carbons (Fsp3) is 0.241. The third-order valence-corrected chi connectivity index (χ3v) is 5.89. The highest BCUT2D eigenvalue weighted by atomic mass is 19.4. The lowest BCUT2D eigenvalue weighted by molar-refractivity contribution is -0.153. The number of carbonyl (C=O) groups excluding carboxylic acids is 2. The highest BCUT2D eigenvalue weighted by Gasteiger charge is 2.31. The molecule has 0 unspecified atom stereocenters. The molecule has 2 heterocycles. The zero-order valence-electron chi connectivity index (χ0n) is 23.0. The SMILES string of the molecule is Cc1c(-c2ccnn2-c2ccc(C#N)cc2)nc(C(=O)NCC(=O)OC(C)(C)C)c(=O)n1-c1cccc(C(F)(F)F)c1. The molecule has 0 aliphatic heterocycles. The van der Waals surface area contributed by atoms with Crippen LogP contribution in [0.4, 0.5) is 13.2 Å². The molecule has 0 saturated carbocycles. The van der Waals surface area contributed by atoms with E-state index in [0.717, 1.165) is 22.8 Å². The second kappa shape index (κ2) is 11.3. The highest BCUT2D eigenvalue weighted by molar-refractivity contribution is 5.94. The Bertz CT molecular complexity index is 1760. The Morgan fingerprint density at radius 2 is 1.74 bits per heavy atom. The molecule has 0 radical (unpaired) electrons. The molecule has 0 aliphatic carbocycles. The number of rotatable bonds is 6. The molecule has 0 saturated heterocycles. The molecule has 4 rings (SSSR count). The van der Waals surface area contributed by atoms with Crippen LogP contribution in [-0.4, -0.2) is 43.4 Å². The van der Waals surface area contributed by atoms with E-state index < -0.39 is 47.0 Å². The molecule has 2 aromatic heterocycles. The summed E-state index contributed by atoms with van der Waals surface area (Å²) in [7, 11) is 0. The minimum atomic E-state index is -4.69. The summed E-state index contributed by atoms with van der Waals surface area (Å²) in [6, 6.07) is 14.1. The van der Waals surface area contributed by atoms with Crippen LogP contribution < -0.4 is 10.9 Å². The van der Waals surface area contributed by atoms with Gasteiger partial charge in [-0.25, -0.2) is 9.67 Å². The van der Waals surface area contributed by atoms with Crippen molar-refractivity contribution in [2.45, 2.75) is 39.5 Å². The molecule has 0 atom stereocenters. The predicted molar refractivity (Wildman–Crippen MR) is 145 cm³/mol. The number of nitrogens with zero attached hydrogens (tertiary/aromatic N) is 5. The number of halogens is 3. The number of hydrogen-bond donors (Lipinski definition) is 1. The maximum Gasteiger partial charge on any atom is 0.416 e. The number of esters is 1. The molecule has 2 aromatic carbocycles. The second-order valence-corrected chi connectivity index (χ2v) is 10.1. The van der Waals surface area contributed by atoms with Gasteiger partial charge in [-0.15, -0.1) is 0 Å². The summed E-state index contributed by atoms with van der Waals surface area (Å²) in [5, 5.41) is 15.7. The van der Waals surface area contributed by atoms with Crippen LogP contribution in [0.1, 0.15) is 48.1 Å². The maximum atomic E-state index is 13.6. The molecule has 1 N–H and O–H groups in total. The van der Waals surface area contributed by atoms with Crippen molar-refractivity contribution >= 4 is 11.9 Å². The summed E-state index contributed by atoms with van der Waals surface area (Å²) in [6.07, 6.45) is -3.25. The number of amides is 1. The average molecular weight is 579 g/mol. The zero-order chi connectivity index (χ0) is 30.8. The maximum absolute atomic E-state index is 13.6. The Hall–Kier alpha value is -5.25. The topological polar surface area (TPSA) is 132 Å². The quantitative estimate of drug-likeness (QED) is 0.337. The van der Waals surface area contributed by atoms with Gasteiger partial charge in [-0.1, -0.05) is 6.07 Å². The van der Waals surface area contributed by atoms with Crippen LogP contribution in [0.5, 0.6) is 0 Å². The third-order valence-electron chi connectivity index (χ3n) is 5.89. The fourth-order valence-corrected chi connectivity index (χ4v) is 4.11. The molecule has 10 nitrogen and oxygen atoms in total. The molecule has 0 spiro atoms. The number of carbonyl (C=O) groups is 2. The monoisotopic (exact) mass is 578 g/mol. The van der Waals surface area contributed by atoms with Crippen molar-refractivity contribution in [3.05, 3.63) is 93.7 Å². The van der Waals surface area contributed by atoms with E-state index in [1.165, 1.54) is 23.9 Å². The number of hydrogen-bond acceptors (Lipinski definition) is 7. The number of ether oxygens (including phenoxy) is 1. The fourth-order valence-electron chi connectivity index (χ4n) is 4.11.